The highest BCUT2D eigenvalue weighted by Crippen LogP contribution is 2.21. The van der Waals surface area contributed by atoms with Gasteiger partial charge in [-0.3, -0.25) is 10.6 Å². The van der Waals surface area contributed by atoms with Gasteiger partial charge in [0.15, 0.2) is 0 Å². The van der Waals surface area contributed by atoms with Gasteiger partial charge in [-0.2, -0.15) is 0 Å². The first kappa shape index (κ1) is 13.8. The highest BCUT2D eigenvalue weighted by Gasteiger charge is 2.27. The number of aliphatic hydroxyl groups excluding tert-OH is 1. The highest BCUT2D eigenvalue weighted by molar-refractivity contribution is 5.92. The standard InChI is InChI=1S/C13H20N4O2/c14-16-10-4-5-12(15-9-10)13(19)17-7-2-1-3-11(17)6-8-18/h4-5,9,11,16,18H,1-3,6-8,14H2. The first-order valence-electron chi connectivity index (χ1n) is 6.60. The van der Waals surface area contributed by atoms with Gasteiger partial charge < -0.3 is 15.4 Å². The van der Waals surface area contributed by atoms with Crippen molar-refractivity contribution in [2.45, 2.75) is 31.7 Å². The predicted molar refractivity (Wildman–Crippen MR) is 72.4 cm³/mol. The Balaban J connectivity index is 2.11. The third kappa shape index (κ3) is 3.21. The number of hydrogen-bond donors (Lipinski definition) is 3. The Kier molecular flexibility index (Phi) is 4.70. The Morgan fingerprint density at radius 3 is 3.00 bits per heavy atom. The molecule has 1 aliphatic rings. The molecule has 1 aliphatic heterocycles. The number of pyridine rings is 1. The summed E-state index contributed by atoms with van der Waals surface area (Å²) in [6.45, 7) is 0.847. The van der Waals surface area contributed by atoms with Crippen LogP contribution in [0.1, 0.15) is 36.2 Å². The van der Waals surface area contributed by atoms with Crippen LogP contribution < -0.4 is 11.3 Å². The molecular weight excluding hydrogens is 244 g/mol. The van der Waals surface area contributed by atoms with Crippen molar-refractivity contribution < 1.29 is 9.90 Å². The Morgan fingerprint density at radius 1 is 1.53 bits per heavy atom. The lowest BCUT2D eigenvalue weighted by Gasteiger charge is -2.35. The van der Waals surface area contributed by atoms with Gasteiger partial charge >= 0.3 is 0 Å². The van der Waals surface area contributed by atoms with Gasteiger partial charge in [0.05, 0.1) is 11.9 Å². The number of nitrogens with two attached hydrogens (primary N) is 1. The van der Waals surface area contributed by atoms with Crippen LogP contribution in [-0.2, 0) is 0 Å². The number of rotatable bonds is 4. The zero-order chi connectivity index (χ0) is 13.7. The maximum Gasteiger partial charge on any atom is 0.272 e. The molecule has 1 fully saturated rings. The molecule has 0 saturated carbocycles. The Labute approximate surface area is 112 Å². The fraction of sp³-hybridized carbons (Fsp3) is 0.538. The molecular formula is C13H20N4O2. The molecule has 6 heteroatoms. The smallest absolute Gasteiger partial charge is 0.272 e. The molecule has 1 aromatic rings. The lowest BCUT2D eigenvalue weighted by Crippen LogP contribution is -2.44. The lowest BCUT2D eigenvalue weighted by molar-refractivity contribution is 0.0568. The van der Waals surface area contributed by atoms with E-state index >= 15 is 0 Å². The van der Waals surface area contributed by atoms with Crippen LogP contribution >= 0.6 is 0 Å². The number of aromatic nitrogens is 1. The van der Waals surface area contributed by atoms with Crippen LogP contribution in [0.15, 0.2) is 18.3 Å². The van der Waals surface area contributed by atoms with Crippen LogP contribution in [0.2, 0.25) is 0 Å². The lowest BCUT2D eigenvalue weighted by atomic mass is 9.99. The van der Waals surface area contributed by atoms with E-state index in [2.05, 4.69) is 10.4 Å². The third-order valence-corrected chi connectivity index (χ3v) is 3.50. The van der Waals surface area contributed by atoms with Crippen molar-refractivity contribution in [3.8, 4) is 0 Å². The third-order valence-electron chi connectivity index (χ3n) is 3.50. The van der Waals surface area contributed by atoms with Crippen LogP contribution in [0, 0.1) is 0 Å². The van der Waals surface area contributed by atoms with Gasteiger partial charge in [0.2, 0.25) is 0 Å². The van der Waals surface area contributed by atoms with Crippen molar-refractivity contribution in [3.63, 3.8) is 0 Å². The van der Waals surface area contributed by atoms with E-state index in [4.69, 9.17) is 10.9 Å². The average molecular weight is 264 g/mol. The number of likely N-dealkylation sites (tertiary alicyclic amines) is 1. The normalized spacial score (nSPS) is 19.3. The molecule has 2 heterocycles. The predicted octanol–water partition coefficient (Wildman–Crippen LogP) is 0.744. The van der Waals surface area contributed by atoms with Gasteiger partial charge in [-0.05, 0) is 37.8 Å². The van der Waals surface area contributed by atoms with Crippen LogP contribution in [0.25, 0.3) is 0 Å². The second-order valence-electron chi connectivity index (χ2n) is 4.74. The van der Waals surface area contributed by atoms with E-state index in [1.54, 1.807) is 12.1 Å². The second kappa shape index (κ2) is 6.49. The second-order valence-corrected chi connectivity index (χ2v) is 4.74. The molecule has 6 nitrogen and oxygen atoms in total. The monoisotopic (exact) mass is 264 g/mol. The van der Waals surface area contributed by atoms with Crippen molar-refractivity contribution in [3.05, 3.63) is 24.0 Å². The summed E-state index contributed by atoms with van der Waals surface area (Å²) >= 11 is 0. The summed E-state index contributed by atoms with van der Waals surface area (Å²) in [5, 5.41) is 9.08. The molecule has 1 saturated heterocycles. The SMILES string of the molecule is NNc1ccc(C(=O)N2CCCCC2CCO)nc1. The number of nitrogens with one attached hydrogen (secondary N) is 1. The van der Waals surface area contributed by atoms with Crippen LogP contribution in [0.4, 0.5) is 5.69 Å². The summed E-state index contributed by atoms with van der Waals surface area (Å²) in [6, 6.07) is 3.52. The van der Waals surface area contributed by atoms with E-state index in [1.165, 1.54) is 6.20 Å². The first-order valence-corrected chi connectivity index (χ1v) is 6.60. The van der Waals surface area contributed by atoms with E-state index < -0.39 is 0 Å². The molecule has 1 unspecified atom stereocenters. The summed E-state index contributed by atoms with van der Waals surface area (Å²) in [7, 11) is 0. The summed E-state index contributed by atoms with van der Waals surface area (Å²) in [4.78, 5) is 18.4. The van der Waals surface area contributed by atoms with Crippen molar-refractivity contribution in [2.24, 2.45) is 5.84 Å². The fourth-order valence-electron chi connectivity index (χ4n) is 2.47. The number of nitrogen functional groups attached to an aromatic ring is 1. The van der Waals surface area contributed by atoms with Crippen molar-refractivity contribution >= 4 is 11.6 Å². The minimum Gasteiger partial charge on any atom is -0.396 e. The minimum atomic E-state index is -0.0679. The van der Waals surface area contributed by atoms with Crippen molar-refractivity contribution in [1.82, 2.24) is 9.88 Å². The molecule has 0 radical (unpaired) electrons. The van der Waals surface area contributed by atoms with Crippen LogP contribution in [-0.4, -0.2) is 40.1 Å². The molecule has 1 aromatic heterocycles. The maximum absolute atomic E-state index is 12.4. The van der Waals surface area contributed by atoms with Crippen LogP contribution in [0.5, 0.6) is 0 Å². The van der Waals surface area contributed by atoms with E-state index in [0.29, 0.717) is 17.8 Å². The average Bonchev–Trinajstić information content (AvgIpc) is 2.47. The summed E-state index contributed by atoms with van der Waals surface area (Å²) in [6.07, 6.45) is 5.25. The number of piperidine rings is 1. The van der Waals surface area contributed by atoms with Gasteiger partial charge in [-0.25, -0.2) is 4.98 Å². The summed E-state index contributed by atoms with van der Waals surface area (Å²) in [5.41, 5.74) is 3.57. The van der Waals surface area contributed by atoms with Gasteiger partial charge in [0, 0.05) is 19.2 Å². The molecule has 19 heavy (non-hydrogen) atoms. The maximum atomic E-state index is 12.4. The number of hydrogen-bond acceptors (Lipinski definition) is 5. The molecule has 2 rings (SSSR count). The number of anilines is 1. The van der Waals surface area contributed by atoms with E-state index in [-0.39, 0.29) is 18.6 Å². The number of carbonyl (C=O) groups is 1. The zero-order valence-electron chi connectivity index (χ0n) is 10.9. The van der Waals surface area contributed by atoms with E-state index in [1.807, 2.05) is 4.90 Å². The summed E-state index contributed by atoms with van der Waals surface area (Å²) in [5.74, 6) is 5.20. The van der Waals surface area contributed by atoms with Crippen molar-refractivity contribution in [2.75, 3.05) is 18.6 Å². The highest BCUT2D eigenvalue weighted by atomic mass is 16.3. The Hall–Kier alpha value is -1.66. The summed E-state index contributed by atoms with van der Waals surface area (Å²) < 4.78 is 0. The quantitative estimate of drug-likeness (QED) is 0.551. The molecule has 1 amide bonds. The minimum absolute atomic E-state index is 0.0679. The Bertz CT molecular complexity index is 419. The van der Waals surface area contributed by atoms with Crippen LogP contribution in [0.3, 0.4) is 0 Å². The van der Waals surface area contributed by atoms with E-state index in [9.17, 15) is 4.79 Å². The number of carbonyl (C=O) groups excluding carboxylic acids is 1. The number of amides is 1. The van der Waals surface area contributed by atoms with E-state index in [0.717, 1.165) is 25.8 Å². The topological polar surface area (TPSA) is 91.5 Å². The molecule has 4 N–H and O–H groups in total. The molecule has 0 spiro atoms. The van der Waals surface area contributed by atoms with Crippen molar-refractivity contribution in [1.29, 1.82) is 0 Å². The molecule has 0 bridgehead atoms. The largest absolute Gasteiger partial charge is 0.396 e. The fourth-order valence-corrected chi connectivity index (χ4v) is 2.47. The number of hydrazine groups is 1. The van der Waals surface area contributed by atoms with Gasteiger partial charge in [-0.1, -0.05) is 0 Å². The van der Waals surface area contributed by atoms with Gasteiger partial charge in [-0.15, -0.1) is 0 Å². The number of nitrogens with zero attached hydrogens (tertiary/aromatic N) is 2. The molecule has 104 valence electrons. The molecule has 0 aromatic carbocycles. The molecule has 0 aliphatic carbocycles. The number of aliphatic hydroxyl groups is 1. The Morgan fingerprint density at radius 2 is 2.37 bits per heavy atom. The molecule has 1 atom stereocenters. The van der Waals surface area contributed by atoms with Gasteiger partial charge in [0.1, 0.15) is 5.69 Å². The first-order chi connectivity index (χ1) is 9.26. The zero-order valence-corrected chi connectivity index (χ0v) is 10.9. The van der Waals surface area contributed by atoms with Gasteiger partial charge in [0.25, 0.3) is 5.91 Å².